The maximum absolute atomic E-state index is 11.6. The van der Waals surface area contributed by atoms with Crippen molar-refractivity contribution in [1.82, 2.24) is 5.43 Å². The Kier molecular flexibility index (Phi) is 3.35. The molecule has 86 valence electrons. The molecule has 0 saturated carbocycles. The quantitative estimate of drug-likeness (QED) is 0.647. The van der Waals surface area contributed by atoms with Gasteiger partial charge in [-0.2, -0.15) is 5.10 Å². The fraction of sp³-hybridized carbons (Fsp3) is 0.0769. The molecule has 1 amide bonds. The van der Waals surface area contributed by atoms with Gasteiger partial charge in [0.25, 0.3) is 5.91 Å². The Balaban J connectivity index is 1.95. The van der Waals surface area contributed by atoms with E-state index in [-0.39, 0.29) is 5.91 Å². The number of nitrogens with one attached hydrogen (secondary N) is 1. The van der Waals surface area contributed by atoms with Crippen molar-refractivity contribution in [2.24, 2.45) is 5.10 Å². The van der Waals surface area contributed by atoms with E-state index in [2.05, 4.69) is 10.5 Å². The van der Waals surface area contributed by atoms with Crippen molar-refractivity contribution in [3.63, 3.8) is 0 Å². The van der Waals surface area contributed by atoms with Gasteiger partial charge in [-0.15, -0.1) is 0 Å². The molecule has 1 heterocycles. The minimum absolute atomic E-state index is 0.245. The molecule has 0 bridgehead atoms. The number of hydrazone groups is 1. The molecule has 0 atom stereocenters. The highest BCUT2D eigenvalue weighted by Gasteiger charge is 2.01. The molecular formula is C13H12N2O2. The van der Waals surface area contributed by atoms with Crippen LogP contribution in [0.4, 0.5) is 0 Å². The van der Waals surface area contributed by atoms with Crippen LogP contribution in [0.1, 0.15) is 21.9 Å². The average Bonchev–Trinajstić information content (AvgIpc) is 2.76. The Labute approximate surface area is 99.0 Å². The minimum atomic E-state index is -0.245. The van der Waals surface area contributed by atoms with Gasteiger partial charge in [0, 0.05) is 5.56 Å². The van der Waals surface area contributed by atoms with Crippen molar-refractivity contribution in [2.45, 2.75) is 6.92 Å². The first kappa shape index (κ1) is 11.1. The second-order valence-electron chi connectivity index (χ2n) is 3.51. The SMILES string of the molecule is Cc1ccc(/C=N\NC(=O)c2ccccc2)o1. The number of hydrogen-bond acceptors (Lipinski definition) is 3. The summed E-state index contributed by atoms with van der Waals surface area (Å²) < 4.78 is 5.27. The maximum atomic E-state index is 11.6. The van der Waals surface area contributed by atoms with E-state index in [1.165, 1.54) is 6.21 Å². The molecule has 17 heavy (non-hydrogen) atoms. The van der Waals surface area contributed by atoms with Crippen LogP contribution >= 0.6 is 0 Å². The van der Waals surface area contributed by atoms with Crippen molar-refractivity contribution < 1.29 is 9.21 Å². The summed E-state index contributed by atoms with van der Waals surface area (Å²) in [4.78, 5) is 11.6. The van der Waals surface area contributed by atoms with Gasteiger partial charge in [-0.25, -0.2) is 5.43 Å². The van der Waals surface area contributed by atoms with Crippen LogP contribution in [0.3, 0.4) is 0 Å². The zero-order valence-electron chi connectivity index (χ0n) is 9.38. The lowest BCUT2D eigenvalue weighted by molar-refractivity contribution is 0.0955. The molecule has 0 fully saturated rings. The van der Waals surface area contributed by atoms with Crippen LogP contribution in [-0.4, -0.2) is 12.1 Å². The molecule has 1 aromatic heterocycles. The van der Waals surface area contributed by atoms with Crippen molar-refractivity contribution in [3.8, 4) is 0 Å². The highest BCUT2D eigenvalue weighted by Crippen LogP contribution is 2.03. The van der Waals surface area contributed by atoms with E-state index in [1.54, 1.807) is 30.3 Å². The standard InChI is InChI=1S/C13H12N2O2/c1-10-7-8-12(17-10)9-14-15-13(16)11-5-3-2-4-6-11/h2-9H,1H3,(H,15,16)/b14-9-. The first-order valence-corrected chi connectivity index (χ1v) is 5.20. The van der Waals surface area contributed by atoms with Crippen LogP contribution in [0.25, 0.3) is 0 Å². The van der Waals surface area contributed by atoms with E-state index >= 15 is 0 Å². The van der Waals surface area contributed by atoms with E-state index < -0.39 is 0 Å². The third-order valence-electron chi connectivity index (χ3n) is 2.16. The Morgan fingerprint density at radius 2 is 2.00 bits per heavy atom. The largest absolute Gasteiger partial charge is 0.460 e. The van der Waals surface area contributed by atoms with E-state index in [4.69, 9.17) is 4.42 Å². The van der Waals surface area contributed by atoms with Crippen molar-refractivity contribution in [3.05, 3.63) is 59.5 Å². The number of aryl methyl sites for hydroxylation is 1. The molecule has 0 aliphatic carbocycles. The topological polar surface area (TPSA) is 54.6 Å². The van der Waals surface area contributed by atoms with Crippen LogP contribution in [-0.2, 0) is 0 Å². The van der Waals surface area contributed by atoms with E-state index in [0.717, 1.165) is 5.76 Å². The number of amides is 1. The number of benzene rings is 1. The number of nitrogens with zero attached hydrogens (tertiary/aromatic N) is 1. The summed E-state index contributed by atoms with van der Waals surface area (Å²) in [5.41, 5.74) is 3.00. The Bertz CT molecular complexity index is 529. The van der Waals surface area contributed by atoms with Crippen LogP contribution in [0, 0.1) is 6.92 Å². The van der Waals surface area contributed by atoms with Gasteiger partial charge in [-0.05, 0) is 31.2 Å². The third kappa shape index (κ3) is 3.04. The van der Waals surface area contributed by atoms with Gasteiger partial charge in [0.2, 0.25) is 0 Å². The molecule has 0 aliphatic rings. The van der Waals surface area contributed by atoms with Crippen molar-refractivity contribution in [1.29, 1.82) is 0 Å². The number of carbonyl (C=O) groups excluding carboxylic acids is 1. The normalized spacial score (nSPS) is 10.6. The van der Waals surface area contributed by atoms with Gasteiger partial charge in [-0.3, -0.25) is 4.79 Å². The van der Waals surface area contributed by atoms with Crippen LogP contribution < -0.4 is 5.43 Å². The van der Waals surface area contributed by atoms with E-state index in [0.29, 0.717) is 11.3 Å². The average molecular weight is 228 g/mol. The Hall–Kier alpha value is -2.36. The van der Waals surface area contributed by atoms with Gasteiger partial charge in [0.05, 0.1) is 6.21 Å². The molecule has 1 N–H and O–H groups in total. The summed E-state index contributed by atoms with van der Waals surface area (Å²) in [6.45, 7) is 1.85. The summed E-state index contributed by atoms with van der Waals surface area (Å²) in [6, 6.07) is 12.5. The molecule has 2 aromatic rings. The molecule has 1 aromatic carbocycles. The number of carbonyl (C=O) groups is 1. The fourth-order valence-electron chi connectivity index (χ4n) is 1.33. The fourth-order valence-corrected chi connectivity index (χ4v) is 1.33. The predicted molar refractivity (Wildman–Crippen MR) is 64.9 cm³/mol. The van der Waals surface area contributed by atoms with Gasteiger partial charge in [-0.1, -0.05) is 18.2 Å². The van der Waals surface area contributed by atoms with Gasteiger partial charge in [0.1, 0.15) is 11.5 Å². The first-order valence-electron chi connectivity index (χ1n) is 5.20. The molecule has 4 heteroatoms. The lowest BCUT2D eigenvalue weighted by Crippen LogP contribution is -2.17. The van der Waals surface area contributed by atoms with Gasteiger partial charge >= 0.3 is 0 Å². The molecule has 0 unspecified atom stereocenters. The number of furan rings is 1. The summed E-state index contributed by atoms with van der Waals surface area (Å²) >= 11 is 0. The molecule has 0 radical (unpaired) electrons. The van der Waals surface area contributed by atoms with Crippen molar-refractivity contribution in [2.75, 3.05) is 0 Å². The van der Waals surface area contributed by atoms with Crippen LogP contribution in [0.5, 0.6) is 0 Å². The second-order valence-corrected chi connectivity index (χ2v) is 3.51. The zero-order valence-corrected chi connectivity index (χ0v) is 9.38. The van der Waals surface area contributed by atoms with E-state index in [9.17, 15) is 4.79 Å². The summed E-state index contributed by atoms with van der Waals surface area (Å²) in [5.74, 6) is 1.17. The molecule has 0 saturated heterocycles. The van der Waals surface area contributed by atoms with Gasteiger partial charge < -0.3 is 4.42 Å². The lowest BCUT2D eigenvalue weighted by Gasteiger charge is -1.97. The van der Waals surface area contributed by atoms with Crippen LogP contribution in [0.2, 0.25) is 0 Å². The number of rotatable bonds is 3. The zero-order chi connectivity index (χ0) is 12.1. The smallest absolute Gasteiger partial charge is 0.271 e. The summed E-state index contributed by atoms with van der Waals surface area (Å²) in [7, 11) is 0. The molecule has 4 nitrogen and oxygen atoms in total. The Morgan fingerprint density at radius 1 is 1.24 bits per heavy atom. The highest BCUT2D eigenvalue weighted by molar-refractivity contribution is 5.94. The van der Waals surface area contributed by atoms with Crippen molar-refractivity contribution >= 4 is 12.1 Å². The highest BCUT2D eigenvalue weighted by atomic mass is 16.3. The predicted octanol–water partition coefficient (Wildman–Crippen LogP) is 2.35. The van der Waals surface area contributed by atoms with Crippen LogP contribution in [0.15, 0.2) is 52.0 Å². The summed E-state index contributed by atoms with van der Waals surface area (Å²) in [5, 5.41) is 3.81. The Morgan fingerprint density at radius 3 is 2.65 bits per heavy atom. The monoisotopic (exact) mass is 228 g/mol. The minimum Gasteiger partial charge on any atom is -0.460 e. The second kappa shape index (κ2) is 5.12. The first-order chi connectivity index (χ1) is 8.25. The number of hydrogen-bond donors (Lipinski definition) is 1. The summed E-state index contributed by atoms with van der Waals surface area (Å²) in [6.07, 6.45) is 1.47. The van der Waals surface area contributed by atoms with E-state index in [1.807, 2.05) is 19.1 Å². The maximum Gasteiger partial charge on any atom is 0.271 e. The molecule has 0 aliphatic heterocycles. The molecule has 2 rings (SSSR count). The molecule has 0 spiro atoms. The third-order valence-corrected chi connectivity index (χ3v) is 2.16. The lowest BCUT2D eigenvalue weighted by atomic mass is 10.2. The molecular weight excluding hydrogens is 216 g/mol. The van der Waals surface area contributed by atoms with Gasteiger partial charge in [0.15, 0.2) is 0 Å².